The number of nitrogens with one attached hydrogen (secondary N) is 3. The van der Waals surface area contributed by atoms with Crippen LogP contribution in [0.4, 0.5) is 0 Å². The molecule has 0 spiro atoms. The molecule has 0 amide bonds. The van der Waals surface area contributed by atoms with Gasteiger partial charge in [0.05, 0.1) is 33.1 Å². The topological polar surface area (TPSA) is 330 Å². The van der Waals surface area contributed by atoms with E-state index in [-0.39, 0.29) is 29.2 Å². The zero-order valence-corrected chi connectivity index (χ0v) is 47.7. The Morgan fingerprint density at radius 3 is 1.12 bits per heavy atom. The Kier molecular flexibility index (Phi) is 17.1. The van der Waals surface area contributed by atoms with E-state index < -0.39 is 33.7 Å². The molecule has 1 atom stereocenters. The first-order chi connectivity index (χ1) is 39.3. The standard InChI is InChI=1S/C20H26N6O2.2C19H24N6O2/c1-12-9-15-16(10-13(12)2)26(8-7-25-5-3-14(11-21)4-6-25)18-17(22-15)19(27)24-20(28)23-18;1-11-9-14-15(10-12(11)2)25(8-7-24-5-3-13(20)4-6-24)17-16(21-14)18(26)23-19(27)22-17;1-11-8-14-15(9-12(11)2)25(7-6-24-5-3-4-13(20)10-24)17-16(21-14)18(26)23-19(27)22-17/h9-10,14H,3-8,11,21H2,1-2H3,(H,24,27,28);9-10,13H,3-8,20H2,1-2H3,(H,23,26,27);8-9,13H,3-7,10,20H2,1-2H3,(H,23,26,27). The van der Waals surface area contributed by atoms with E-state index in [1.165, 1.54) is 0 Å². The number of piperidine rings is 3. The lowest BCUT2D eigenvalue weighted by atomic mass is 9.97. The zero-order chi connectivity index (χ0) is 58.1. The molecular weight excluding hydrogens is 1040 g/mol. The van der Waals surface area contributed by atoms with E-state index in [4.69, 9.17) is 17.2 Å². The molecule has 9 aliphatic heterocycles. The fourth-order valence-corrected chi connectivity index (χ4v) is 11.5. The number of rotatable bonds is 10. The fourth-order valence-electron chi connectivity index (χ4n) is 11.5. The number of nitrogens with two attached hydrogens (primary N) is 3. The molecule has 9 N–H and O–H groups in total. The third kappa shape index (κ3) is 12.5. The first-order valence-electron chi connectivity index (χ1n) is 28.4. The highest BCUT2D eigenvalue weighted by atomic mass is 16.2. The minimum atomic E-state index is -0.647. The normalized spacial score (nSPS) is 17.0. The molecule has 24 nitrogen and oxygen atoms in total. The lowest BCUT2D eigenvalue weighted by molar-refractivity contribution is 0.182. The summed E-state index contributed by atoms with van der Waals surface area (Å²) in [4.78, 5) is 112. The summed E-state index contributed by atoms with van der Waals surface area (Å²) in [5.74, 6) is 1.63. The van der Waals surface area contributed by atoms with Gasteiger partial charge in [0.2, 0.25) is 0 Å². The molecule has 3 fully saturated rings. The summed E-state index contributed by atoms with van der Waals surface area (Å²) in [7, 11) is 0. The Balaban J connectivity index is 0.000000138. The van der Waals surface area contributed by atoms with Gasteiger partial charge in [0.25, 0.3) is 16.7 Å². The zero-order valence-electron chi connectivity index (χ0n) is 47.7. The Morgan fingerprint density at radius 1 is 0.427 bits per heavy atom. The second-order valence-corrected chi connectivity index (χ2v) is 22.6. The van der Waals surface area contributed by atoms with Crippen molar-refractivity contribution in [3.8, 4) is 34.6 Å². The summed E-state index contributed by atoms with van der Waals surface area (Å²) in [5, 5.41) is 0. The number of benzene rings is 3. The monoisotopic (exact) mass is 1120 g/mol. The average Bonchev–Trinajstić information content (AvgIpc) is 3.53. The quantitative estimate of drug-likeness (QED) is 0.107. The van der Waals surface area contributed by atoms with Crippen molar-refractivity contribution in [3.05, 3.63) is 132 Å². The van der Waals surface area contributed by atoms with Crippen molar-refractivity contribution in [1.29, 1.82) is 0 Å². The Morgan fingerprint density at radius 2 is 0.768 bits per heavy atom. The number of nitrogens with zero attached hydrogens (tertiary/aromatic N) is 12. The highest BCUT2D eigenvalue weighted by molar-refractivity contribution is 5.83. The number of fused-ring (bicyclic) bond motifs is 6. The van der Waals surface area contributed by atoms with Crippen LogP contribution < -0.4 is 50.9 Å². The van der Waals surface area contributed by atoms with E-state index in [1.54, 1.807) is 0 Å². The second kappa shape index (κ2) is 24.4. The molecule has 432 valence electrons. The van der Waals surface area contributed by atoms with Crippen LogP contribution in [0.3, 0.4) is 0 Å². The highest BCUT2D eigenvalue weighted by Crippen LogP contribution is 2.28. The van der Waals surface area contributed by atoms with Gasteiger partial charge in [0, 0.05) is 57.9 Å². The summed E-state index contributed by atoms with van der Waals surface area (Å²) >= 11 is 0. The summed E-state index contributed by atoms with van der Waals surface area (Å²) in [6.07, 6.45) is 6.34. The number of aromatic amines is 3. The van der Waals surface area contributed by atoms with Crippen molar-refractivity contribution in [2.75, 3.05) is 65.4 Å². The maximum Gasteiger partial charge on any atom is 0.349 e. The summed E-state index contributed by atoms with van der Waals surface area (Å²) in [6, 6.07) is 12.6. The summed E-state index contributed by atoms with van der Waals surface area (Å²) in [6.45, 7) is 23.1. The molecular formula is C58H74N18O6. The number of aryl methyl sites for hydroxylation is 6. The van der Waals surface area contributed by atoms with Crippen LogP contribution in [0.25, 0.3) is 67.7 Å². The number of aromatic nitrogens is 12. The third-order valence-corrected chi connectivity index (χ3v) is 16.8. The minimum absolute atomic E-state index is 0.195. The molecule has 12 rings (SSSR count). The molecule has 3 aromatic rings. The largest absolute Gasteiger partial charge is 0.349 e. The number of likely N-dealkylation sites (tertiary alicyclic amines) is 3. The smallest absolute Gasteiger partial charge is 0.330 e. The van der Waals surface area contributed by atoms with E-state index in [1.807, 2.05) is 79.5 Å². The van der Waals surface area contributed by atoms with Gasteiger partial charge in [-0.3, -0.25) is 29.3 Å². The molecule has 1 unspecified atom stereocenters. The molecule has 0 aromatic heterocycles. The van der Waals surface area contributed by atoms with Gasteiger partial charge >= 0.3 is 17.1 Å². The van der Waals surface area contributed by atoms with Gasteiger partial charge < -0.3 is 45.6 Å². The lowest BCUT2D eigenvalue weighted by Crippen LogP contribution is -2.44. The van der Waals surface area contributed by atoms with Gasteiger partial charge in [-0.05, 0) is 195 Å². The minimum Gasteiger partial charge on any atom is -0.330 e. The van der Waals surface area contributed by atoms with E-state index in [2.05, 4.69) is 71.7 Å². The molecule has 0 radical (unpaired) electrons. The SMILES string of the molecule is Cc1cc2nc3c(=O)[nH]c(=O)nc-3n(CCN3CCC(CN)CC3)c2cc1C.Cc1cc2nc3c(=O)[nH]c(=O)nc-3n(CCN3CCC(N)CC3)c2cc1C.Cc1cc2nc3c(=O)[nH]c(=O)nc-3n(CCN3CCCC(N)C3)c2cc1C. The van der Waals surface area contributed by atoms with Crippen LogP contribution in [-0.2, 0) is 19.6 Å². The Labute approximate surface area is 471 Å². The first kappa shape index (κ1) is 57.5. The molecule has 9 aliphatic rings. The van der Waals surface area contributed by atoms with Gasteiger partial charge in [-0.25, -0.2) is 29.3 Å². The molecule has 0 aliphatic carbocycles. The number of hydrogen-bond acceptors (Lipinski definition) is 18. The van der Waals surface area contributed by atoms with Gasteiger partial charge in [-0.1, -0.05) is 0 Å². The molecule has 9 heterocycles. The predicted molar refractivity (Wildman–Crippen MR) is 317 cm³/mol. The highest BCUT2D eigenvalue weighted by Gasteiger charge is 2.26. The maximum atomic E-state index is 12.3. The molecule has 0 bridgehead atoms. The summed E-state index contributed by atoms with van der Waals surface area (Å²) in [5.41, 5.74) is 26.6. The third-order valence-electron chi connectivity index (χ3n) is 16.8. The van der Waals surface area contributed by atoms with E-state index in [0.29, 0.717) is 43.0 Å². The van der Waals surface area contributed by atoms with Crippen molar-refractivity contribution in [2.45, 2.75) is 112 Å². The van der Waals surface area contributed by atoms with Crippen LogP contribution in [0.2, 0.25) is 0 Å². The molecule has 3 aromatic carbocycles. The van der Waals surface area contributed by atoms with Crippen molar-refractivity contribution in [3.63, 3.8) is 0 Å². The van der Waals surface area contributed by atoms with Crippen LogP contribution in [0.15, 0.2) is 65.2 Å². The maximum absolute atomic E-state index is 12.3. The van der Waals surface area contributed by atoms with Crippen molar-refractivity contribution in [1.82, 2.24) is 73.3 Å². The van der Waals surface area contributed by atoms with Gasteiger partial charge in [-0.2, -0.15) is 15.0 Å². The average molecular weight is 1120 g/mol. The number of H-pyrrole nitrogens is 3. The van der Waals surface area contributed by atoms with Crippen LogP contribution in [-0.4, -0.2) is 151 Å². The van der Waals surface area contributed by atoms with Crippen molar-refractivity contribution in [2.24, 2.45) is 23.1 Å². The molecule has 3 saturated heterocycles. The summed E-state index contributed by atoms with van der Waals surface area (Å²) < 4.78 is 5.87. The predicted octanol–water partition coefficient (Wildman–Crippen LogP) is 2.12. The van der Waals surface area contributed by atoms with E-state index in [0.717, 1.165) is 170 Å². The molecule has 82 heavy (non-hydrogen) atoms. The van der Waals surface area contributed by atoms with Crippen molar-refractivity contribution < 1.29 is 0 Å². The Hall–Kier alpha value is -7.74. The fraction of sp³-hybridized carbons (Fsp3) is 0.483. The molecule has 0 saturated carbocycles. The van der Waals surface area contributed by atoms with Crippen LogP contribution >= 0.6 is 0 Å². The van der Waals surface area contributed by atoms with E-state index >= 15 is 0 Å². The van der Waals surface area contributed by atoms with Crippen LogP contribution in [0.5, 0.6) is 0 Å². The van der Waals surface area contributed by atoms with Crippen molar-refractivity contribution >= 4 is 33.1 Å². The molecule has 24 heteroatoms. The van der Waals surface area contributed by atoms with Crippen LogP contribution in [0, 0.1) is 47.5 Å². The van der Waals surface area contributed by atoms with Gasteiger partial charge in [0.1, 0.15) is 0 Å². The van der Waals surface area contributed by atoms with Crippen LogP contribution in [0.1, 0.15) is 71.9 Å². The van der Waals surface area contributed by atoms with E-state index in [9.17, 15) is 28.8 Å². The number of hydrogen-bond donors (Lipinski definition) is 6. The second-order valence-electron chi connectivity index (χ2n) is 22.6. The van der Waals surface area contributed by atoms with Gasteiger partial charge in [-0.15, -0.1) is 0 Å². The van der Waals surface area contributed by atoms with Gasteiger partial charge in [0.15, 0.2) is 34.6 Å². The first-order valence-corrected chi connectivity index (χ1v) is 28.4. The lowest BCUT2D eigenvalue weighted by Gasteiger charge is -2.31. The Bertz CT molecular complexity index is 4090.